The van der Waals surface area contributed by atoms with Crippen LogP contribution < -0.4 is 34.3 Å². The first-order valence-corrected chi connectivity index (χ1v) is 15.8. The van der Waals surface area contributed by atoms with Crippen molar-refractivity contribution < 1.29 is 78.7 Å². The number of carbonyl (C=O) groups is 1. The molecule has 5 rings (SSSR count). The van der Waals surface area contributed by atoms with Gasteiger partial charge in [-0.2, -0.15) is 18.3 Å². The predicted molar refractivity (Wildman–Crippen MR) is 156 cm³/mol. The van der Waals surface area contributed by atoms with Gasteiger partial charge in [0.05, 0.1) is 46.9 Å². The van der Waals surface area contributed by atoms with E-state index in [2.05, 4.69) is 25.0 Å². The molecular formula is C30H24F5N6NaO6S. The molecule has 0 aliphatic carbocycles. The van der Waals surface area contributed by atoms with E-state index < -0.39 is 57.9 Å². The van der Waals surface area contributed by atoms with Gasteiger partial charge in [-0.1, -0.05) is 13.0 Å². The summed E-state index contributed by atoms with van der Waals surface area (Å²) in [7, 11) is -4.58. The maximum atomic E-state index is 14.4. The summed E-state index contributed by atoms with van der Waals surface area (Å²) >= 11 is 0. The van der Waals surface area contributed by atoms with E-state index in [1.807, 2.05) is 0 Å². The van der Waals surface area contributed by atoms with Gasteiger partial charge in [-0.25, -0.2) is 41.9 Å². The SMILES string of the molecule is CCCOc1ccc(-c2ncc(C(C(=O)OCCCS(=O)(=O)[O-])n3cc4nc(-c5cccc(F)c5F)nc-4cn3)cn2)c(C(F)(F)F)c1.[Na+]. The second kappa shape index (κ2) is 15.6. The Morgan fingerprint density at radius 2 is 1.69 bits per heavy atom. The predicted octanol–water partition coefficient (Wildman–Crippen LogP) is 2.06. The number of fused-ring (bicyclic) bond motifs is 1. The molecule has 2 aliphatic heterocycles. The first-order valence-electron chi connectivity index (χ1n) is 14.2. The molecule has 49 heavy (non-hydrogen) atoms. The van der Waals surface area contributed by atoms with Gasteiger partial charge in [0.1, 0.15) is 17.1 Å². The molecule has 19 heteroatoms. The first-order chi connectivity index (χ1) is 22.7. The molecule has 0 fully saturated rings. The van der Waals surface area contributed by atoms with Crippen molar-refractivity contribution in [2.75, 3.05) is 19.0 Å². The number of esters is 1. The smallest absolute Gasteiger partial charge is 0.748 e. The number of halogens is 5. The van der Waals surface area contributed by atoms with Crippen LogP contribution in [0.25, 0.3) is 34.2 Å². The summed E-state index contributed by atoms with van der Waals surface area (Å²) in [5.41, 5.74) is -1.40. The van der Waals surface area contributed by atoms with Crippen LogP contribution in [0, 0.1) is 11.6 Å². The Labute approximate surface area is 298 Å². The topological polar surface area (TPSA) is 162 Å². The van der Waals surface area contributed by atoms with E-state index in [-0.39, 0.29) is 88.1 Å². The van der Waals surface area contributed by atoms with Gasteiger partial charge in [-0.15, -0.1) is 0 Å². The monoisotopic (exact) mass is 714 g/mol. The minimum absolute atomic E-state index is 0. The van der Waals surface area contributed by atoms with E-state index >= 15 is 0 Å². The number of hydrogen-bond acceptors (Lipinski definition) is 11. The number of carbonyl (C=O) groups excluding carboxylic acids is 1. The van der Waals surface area contributed by atoms with E-state index in [9.17, 15) is 39.7 Å². The van der Waals surface area contributed by atoms with Crippen molar-refractivity contribution in [2.24, 2.45) is 0 Å². The Balaban J connectivity index is 0.00000541. The molecule has 2 aliphatic rings. The van der Waals surface area contributed by atoms with Crippen LogP contribution in [-0.2, 0) is 25.8 Å². The number of rotatable bonds is 12. The number of alkyl halides is 3. The largest absolute Gasteiger partial charge is 1.00 e. The molecule has 3 heterocycles. The van der Waals surface area contributed by atoms with Crippen molar-refractivity contribution in [3.8, 4) is 39.9 Å². The molecule has 252 valence electrons. The van der Waals surface area contributed by atoms with E-state index in [4.69, 9.17) is 9.47 Å². The minimum Gasteiger partial charge on any atom is -0.748 e. The molecule has 12 nitrogen and oxygen atoms in total. The minimum atomic E-state index is -4.78. The molecular weight excluding hydrogens is 690 g/mol. The third-order valence-electron chi connectivity index (χ3n) is 6.74. The van der Waals surface area contributed by atoms with Crippen LogP contribution in [0.1, 0.15) is 36.9 Å². The molecule has 0 saturated heterocycles. The van der Waals surface area contributed by atoms with E-state index in [0.29, 0.717) is 6.42 Å². The number of nitrogens with zero attached hydrogens (tertiary/aromatic N) is 6. The van der Waals surface area contributed by atoms with Crippen molar-refractivity contribution in [3.63, 3.8) is 0 Å². The second-order valence-electron chi connectivity index (χ2n) is 10.3. The summed E-state index contributed by atoms with van der Waals surface area (Å²) in [6.45, 7) is 1.54. The van der Waals surface area contributed by atoms with Crippen LogP contribution >= 0.6 is 0 Å². The number of hydrogen-bond donors (Lipinski definition) is 0. The third kappa shape index (κ3) is 9.13. The summed E-state index contributed by atoms with van der Waals surface area (Å²) in [5, 5.41) is 4.16. The number of benzene rings is 2. The summed E-state index contributed by atoms with van der Waals surface area (Å²) in [6, 6.07) is 5.32. The van der Waals surface area contributed by atoms with E-state index in [1.165, 1.54) is 30.6 Å². The zero-order valence-corrected chi connectivity index (χ0v) is 28.6. The summed E-state index contributed by atoms with van der Waals surface area (Å²) in [6.07, 6.45) is 0.0755. The molecule has 3 aromatic rings. The molecule has 0 saturated carbocycles. The molecule has 0 radical (unpaired) electrons. The van der Waals surface area contributed by atoms with Crippen LogP contribution in [0.5, 0.6) is 5.75 Å². The van der Waals surface area contributed by atoms with Crippen molar-refractivity contribution in [1.29, 1.82) is 0 Å². The summed E-state index contributed by atoms with van der Waals surface area (Å²) in [5.74, 6) is -4.59. The Morgan fingerprint density at radius 3 is 2.37 bits per heavy atom. The number of aromatic nitrogens is 6. The average molecular weight is 715 g/mol. The number of ether oxygens (including phenoxy) is 2. The molecule has 1 aromatic heterocycles. The van der Waals surface area contributed by atoms with Gasteiger partial charge >= 0.3 is 41.7 Å². The first kappa shape index (κ1) is 37.7. The third-order valence-corrected chi connectivity index (χ3v) is 7.53. The molecule has 1 unspecified atom stereocenters. The summed E-state index contributed by atoms with van der Waals surface area (Å²) in [4.78, 5) is 29.8. The van der Waals surface area contributed by atoms with Crippen LogP contribution in [0.3, 0.4) is 0 Å². The van der Waals surface area contributed by atoms with Gasteiger partial charge in [-0.3, -0.25) is 4.68 Å². The van der Waals surface area contributed by atoms with Crippen molar-refractivity contribution in [3.05, 3.63) is 83.9 Å². The normalized spacial score (nSPS) is 12.4. The molecule has 0 bridgehead atoms. The maximum Gasteiger partial charge on any atom is 1.00 e. The Morgan fingerprint density at radius 1 is 0.980 bits per heavy atom. The van der Waals surface area contributed by atoms with Gasteiger partial charge in [0.2, 0.25) is 0 Å². The standard InChI is InChI=1S/C30H25F5N6O6S.Na/c1-2-9-46-18-7-8-19(21(12-18)30(33,34)35)27-36-13-17(14-37-27)26(29(42)47-10-4-11-48(43,44)45)41-16-24-23(15-38-41)39-28(40-24)20-5-3-6-22(31)25(20)32;/h3,5-8,12-16,26H,2,4,9-11H2,1H3,(H,43,44,45);/q;+1/p-1. The quantitative estimate of drug-likeness (QED) is 0.0612. The Hall–Kier alpha value is -4.10. The van der Waals surface area contributed by atoms with E-state index in [0.717, 1.165) is 35.3 Å². The van der Waals surface area contributed by atoms with Gasteiger partial charge in [0.15, 0.2) is 29.3 Å². The van der Waals surface area contributed by atoms with Crippen LogP contribution in [0.2, 0.25) is 0 Å². The summed E-state index contributed by atoms with van der Waals surface area (Å²) < 4.78 is 115. The zero-order chi connectivity index (χ0) is 34.6. The number of imidazole rings is 1. The van der Waals surface area contributed by atoms with Crippen LogP contribution in [-0.4, -0.2) is 67.6 Å². The van der Waals surface area contributed by atoms with Crippen molar-refractivity contribution in [1.82, 2.24) is 29.7 Å². The van der Waals surface area contributed by atoms with Crippen molar-refractivity contribution >= 4 is 16.1 Å². The van der Waals surface area contributed by atoms with E-state index in [1.54, 1.807) is 6.92 Å². The molecule has 0 amide bonds. The fourth-order valence-corrected chi connectivity index (χ4v) is 5.01. The van der Waals surface area contributed by atoms with Gasteiger partial charge in [0.25, 0.3) is 0 Å². The van der Waals surface area contributed by atoms with Gasteiger partial charge < -0.3 is 14.0 Å². The molecule has 1 atom stereocenters. The Kier molecular flexibility index (Phi) is 12.0. The molecule has 0 spiro atoms. The van der Waals surface area contributed by atoms with Gasteiger partial charge in [-0.05, 0) is 43.2 Å². The van der Waals surface area contributed by atoms with Crippen LogP contribution in [0.4, 0.5) is 22.0 Å². The van der Waals surface area contributed by atoms with Crippen molar-refractivity contribution in [2.45, 2.75) is 32.0 Å². The average Bonchev–Trinajstić information content (AvgIpc) is 3.46. The molecule has 2 aromatic carbocycles. The maximum absolute atomic E-state index is 14.4. The Bertz CT molecular complexity index is 2010. The fourth-order valence-electron chi connectivity index (χ4n) is 4.54. The van der Waals surface area contributed by atoms with Crippen LogP contribution in [0.15, 0.2) is 61.2 Å². The second-order valence-corrected chi connectivity index (χ2v) is 11.8. The fraction of sp³-hybridized carbons (Fsp3) is 0.267. The van der Waals surface area contributed by atoms with Gasteiger partial charge in [0, 0.05) is 29.3 Å². The zero-order valence-electron chi connectivity index (χ0n) is 25.8. The molecule has 0 N–H and O–H groups in total.